The third kappa shape index (κ3) is 5.70. The highest BCUT2D eigenvalue weighted by Crippen LogP contribution is 2.41. The molecule has 3 nitrogen and oxygen atoms in total. The number of carbonyl (C=O) groups excluding carboxylic acids is 1. The largest absolute Gasteiger partial charge is 0.490 e. The van der Waals surface area contributed by atoms with Crippen LogP contribution >= 0.6 is 0 Å². The van der Waals surface area contributed by atoms with Crippen LogP contribution in [0.4, 0.5) is 22.0 Å². The minimum atomic E-state index is -4.22. The number of benzene rings is 2. The summed E-state index contributed by atoms with van der Waals surface area (Å²) < 4.78 is 72.6. The first-order valence-corrected chi connectivity index (χ1v) is 11.9. The van der Waals surface area contributed by atoms with Crippen molar-refractivity contribution >= 4 is 16.6 Å². The zero-order valence-corrected chi connectivity index (χ0v) is 19.2. The van der Waals surface area contributed by atoms with E-state index in [2.05, 4.69) is 4.90 Å². The van der Waals surface area contributed by atoms with Crippen LogP contribution < -0.4 is 4.74 Å². The Balaban J connectivity index is 1.47. The van der Waals surface area contributed by atoms with Crippen molar-refractivity contribution in [2.75, 3.05) is 13.1 Å². The maximum atomic E-state index is 14.0. The van der Waals surface area contributed by atoms with Crippen molar-refractivity contribution in [2.24, 2.45) is 11.8 Å². The lowest BCUT2D eigenvalue weighted by atomic mass is 9.87. The molecule has 186 valence electrons. The number of ketones is 1. The van der Waals surface area contributed by atoms with Gasteiger partial charge in [-0.1, -0.05) is 18.2 Å². The van der Waals surface area contributed by atoms with Crippen LogP contribution in [0.15, 0.2) is 30.3 Å². The van der Waals surface area contributed by atoms with Gasteiger partial charge in [-0.05, 0) is 87.0 Å². The third-order valence-electron chi connectivity index (χ3n) is 7.30. The zero-order chi connectivity index (χ0) is 24.5. The first-order valence-electron chi connectivity index (χ1n) is 11.9. The van der Waals surface area contributed by atoms with Crippen LogP contribution in [0.2, 0.25) is 0 Å². The molecule has 0 bridgehead atoms. The lowest BCUT2D eigenvalue weighted by Gasteiger charge is -2.31. The molecule has 4 rings (SSSR count). The van der Waals surface area contributed by atoms with Crippen LogP contribution in [-0.4, -0.2) is 36.1 Å². The first kappa shape index (κ1) is 24.9. The topological polar surface area (TPSA) is 29.5 Å². The summed E-state index contributed by atoms with van der Waals surface area (Å²) in [5, 5.41) is 1.08. The Morgan fingerprint density at radius 1 is 1.03 bits per heavy atom. The molecule has 1 saturated carbocycles. The number of fused-ring (bicyclic) bond motifs is 1. The van der Waals surface area contributed by atoms with Crippen molar-refractivity contribution in [3.63, 3.8) is 0 Å². The Bertz CT molecular complexity index is 1010. The Kier molecular flexibility index (Phi) is 7.45. The highest BCUT2D eigenvalue weighted by Gasteiger charge is 2.42. The lowest BCUT2D eigenvalue weighted by Crippen LogP contribution is -2.35. The van der Waals surface area contributed by atoms with Gasteiger partial charge in [0.1, 0.15) is 11.5 Å². The number of nitrogens with zero attached hydrogens (tertiary/aromatic N) is 1. The second-order valence-electron chi connectivity index (χ2n) is 9.63. The van der Waals surface area contributed by atoms with Crippen molar-refractivity contribution in [3.05, 3.63) is 41.5 Å². The van der Waals surface area contributed by atoms with E-state index < -0.39 is 24.6 Å². The number of piperidine rings is 1. The van der Waals surface area contributed by atoms with E-state index in [1.54, 1.807) is 19.1 Å². The molecule has 2 aromatic carbocycles. The summed E-state index contributed by atoms with van der Waals surface area (Å²) in [5.74, 6) is -0.929. The van der Waals surface area contributed by atoms with Crippen LogP contribution in [0.5, 0.6) is 5.75 Å². The van der Waals surface area contributed by atoms with Gasteiger partial charge in [0, 0.05) is 12.5 Å². The summed E-state index contributed by atoms with van der Waals surface area (Å²) in [5.41, 5.74) is 0.803. The molecule has 0 atom stereocenters. The molecule has 0 aromatic heterocycles. The maximum Gasteiger partial charge on any atom is 0.391 e. The molecule has 34 heavy (non-hydrogen) atoms. The van der Waals surface area contributed by atoms with E-state index in [0.29, 0.717) is 17.3 Å². The summed E-state index contributed by atoms with van der Waals surface area (Å²) in [6.45, 7) is 3.98. The summed E-state index contributed by atoms with van der Waals surface area (Å²) >= 11 is 0. The molecule has 0 radical (unpaired) electrons. The minimum absolute atomic E-state index is 0.0429. The average molecular weight is 484 g/mol. The van der Waals surface area contributed by atoms with Crippen LogP contribution in [0.25, 0.3) is 10.8 Å². The monoisotopic (exact) mass is 483 g/mol. The van der Waals surface area contributed by atoms with E-state index in [4.69, 9.17) is 4.74 Å². The van der Waals surface area contributed by atoms with Gasteiger partial charge in [-0.25, -0.2) is 8.78 Å². The second-order valence-corrected chi connectivity index (χ2v) is 9.63. The molecule has 1 aliphatic carbocycles. The molecular formula is C26H30F5NO2. The number of likely N-dealkylation sites (tertiary alicyclic amines) is 1. The van der Waals surface area contributed by atoms with Crippen molar-refractivity contribution < 1.29 is 31.5 Å². The molecular weight excluding hydrogens is 453 g/mol. The van der Waals surface area contributed by atoms with Crippen molar-refractivity contribution in [2.45, 2.75) is 70.7 Å². The van der Waals surface area contributed by atoms with Crippen LogP contribution in [-0.2, 0) is 11.3 Å². The highest BCUT2D eigenvalue weighted by atomic mass is 19.4. The lowest BCUT2D eigenvalue weighted by molar-refractivity contribution is -0.185. The Labute approximate surface area is 196 Å². The van der Waals surface area contributed by atoms with E-state index >= 15 is 0 Å². The van der Waals surface area contributed by atoms with E-state index in [1.165, 1.54) is 6.07 Å². The van der Waals surface area contributed by atoms with Gasteiger partial charge in [0.05, 0.1) is 17.6 Å². The SMILES string of the molecule is CC(=O)C1CCN(Cc2ccc3c(C(F)F)c(O[C@H]4CC[C@@H](C(F)(F)F)CC4)ccc3c2)CC1. The predicted octanol–water partition coefficient (Wildman–Crippen LogP) is 7.08. The van der Waals surface area contributed by atoms with Gasteiger partial charge >= 0.3 is 6.18 Å². The fourth-order valence-electron chi connectivity index (χ4n) is 5.25. The van der Waals surface area contributed by atoms with Gasteiger partial charge in [-0.2, -0.15) is 13.2 Å². The van der Waals surface area contributed by atoms with E-state index in [-0.39, 0.29) is 48.7 Å². The smallest absolute Gasteiger partial charge is 0.391 e. The number of rotatable bonds is 6. The summed E-state index contributed by atoms with van der Waals surface area (Å²) in [6, 6.07) is 8.67. The average Bonchev–Trinajstić information content (AvgIpc) is 2.79. The van der Waals surface area contributed by atoms with Crippen molar-refractivity contribution in [3.8, 4) is 5.75 Å². The standard InChI is InChI=1S/C26H30F5NO2/c1-16(33)18-10-12-32(13-11-18)15-17-2-8-22-19(14-17)3-9-23(24(22)25(27)28)34-21-6-4-20(5-7-21)26(29,30)31/h2-3,8-9,14,18,20-21,25H,4-7,10-13,15H2,1H3/t20-,21+. The molecule has 0 spiro atoms. The number of alkyl halides is 5. The van der Waals surface area contributed by atoms with Crippen LogP contribution in [0, 0.1) is 11.8 Å². The van der Waals surface area contributed by atoms with Gasteiger partial charge < -0.3 is 4.74 Å². The molecule has 2 fully saturated rings. The molecule has 8 heteroatoms. The van der Waals surface area contributed by atoms with E-state index in [9.17, 15) is 26.7 Å². The molecule has 0 unspecified atom stereocenters. The number of Topliss-reactive ketones (excluding diaryl/α,β-unsaturated/α-hetero) is 1. The molecule has 1 heterocycles. The Morgan fingerprint density at radius 2 is 1.71 bits per heavy atom. The fraction of sp³-hybridized carbons (Fsp3) is 0.577. The molecule has 1 saturated heterocycles. The molecule has 2 aromatic rings. The molecule has 1 aliphatic heterocycles. The quantitative estimate of drug-likeness (QED) is 0.411. The van der Waals surface area contributed by atoms with Crippen LogP contribution in [0.3, 0.4) is 0 Å². The number of carbonyl (C=O) groups is 1. The summed E-state index contributed by atoms with van der Waals surface area (Å²) in [4.78, 5) is 13.8. The molecule has 2 aliphatic rings. The third-order valence-corrected chi connectivity index (χ3v) is 7.30. The van der Waals surface area contributed by atoms with Gasteiger partial charge in [0.15, 0.2) is 0 Å². The van der Waals surface area contributed by atoms with Gasteiger partial charge in [0.25, 0.3) is 6.43 Å². The minimum Gasteiger partial charge on any atom is -0.490 e. The van der Waals surface area contributed by atoms with Crippen molar-refractivity contribution in [1.82, 2.24) is 4.90 Å². The Morgan fingerprint density at radius 3 is 2.29 bits per heavy atom. The molecule has 0 N–H and O–H groups in total. The van der Waals surface area contributed by atoms with Gasteiger partial charge in [0.2, 0.25) is 0 Å². The number of hydrogen-bond donors (Lipinski definition) is 0. The second kappa shape index (κ2) is 10.2. The van der Waals surface area contributed by atoms with Gasteiger partial charge in [-0.15, -0.1) is 0 Å². The summed E-state index contributed by atoms with van der Waals surface area (Å²) in [6.07, 6.45) is -5.49. The van der Waals surface area contributed by atoms with E-state index in [1.807, 2.05) is 12.1 Å². The summed E-state index contributed by atoms with van der Waals surface area (Å²) in [7, 11) is 0. The molecule has 0 amide bonds. The normalized spacial score (nSPS) is 22.9. The number of halogens is 5. The first-order chi connectivity index (χ1) is 16.1. The van der Waals surface area contributed by atoms with Crippen LogP contribution in [0.1, 0.15) is 63.0 Å². The highest BCUT2D eigenvalue weighted by molar-refractivity contribution is 5.88. The fourth-order valence-corrected chi connectivity index (χ4v) is 5.25. The maximum absolute atomic E-state index is 14.0. The van der Waals surface area contributed by atoms with E-state index in [0.717, 1.165) is 31.5 Å². The predicted molar refractivity (Wildman–Crippen MR) is 120 cm³/mol. The zero-order valence-electron chi connectivity index (χ0n) is 19.2. The number of hydrogen-bond acceptors (Lipinski definition) is 3. The van der Waals surface area contributed by atoms with Crippen molar-refractivity contribution in [1.29, 1.82) is 0 Å². The Hall–Kier alpha value is -2.22. The van der Waals surface area contributed by atoms with Gasteiger partial charge in [-0.3, -0.25) is 9.69 Å². The number of ether oxygens (including phenoxy) is 1.